The maximum atomic E-state index is 11.6. The first kappa shape index (κ1) is 20.0. The highest BCUT2D eigenvalue weighted by Crippen LogP contribution is 2.23. The lowest BCUT2D eigenvalue weighted by molar-refractivity contribution is -0.148. The summed E-state index contributed by atoms with van der Waals surface area (Å²) in [6.45, 7) is 2.13. The van der Waals surface area contributed by atoms with Gasteiger partial charge in [-0.25, -0.2) is 0 Å². The molecule has 0 aromatic rings. The maximum Gasteiger partial charge on any atom is 0.306 e. The molecule has 0 saturated carbocycles. The third-order valence-corrected chi connectivity index (χ3v) is 4.68. The average Bonchev–Trinajstić information content (AvgIpc) is 2.69. The van der Waals surface area contributed by atoms with E-state index in [1.54, 1.807) is 0 Å². The number of hydrogen-bond acceptors (Lipinski definition) is 4. The molecule has 0 radical (unpaired) electrons. The van der Waals surface area contributed by atoms with Crippen molar-refractivity contribution in [2.45, 2.75) is 96.5 Å². The molecule has 134 valence electrons. The molecule has 1 fully saturated rings. The van der Waals surface area contributed by atoms with Crippen LogP contribution in [0.3, 0.4) is 0 Å². The van der Waals surface area contributed by atoms with Crippen molar-refractivity contribution in [3.8, 4) is 0 Å². The van der Waals surface area contributed by atoms with Gasteiger partial charge in [0.2, 0.25) is 0 Å². The van der Waals surface area contributed by atoms with Crippen LogP contribution in [0.15, 0.2) is 0 Å². The highest BCUT2D eigenvalue weighted by Gasteiger charge is 2.21. The third-order valence-electron chi connectivity index (χ3n) is 4.68. The van der Waals surface area contributed by atoms with Crippen LogP contribution in [0.25, 0.3) is 0 Å². The molecule has 0 N–H and O–H groups in total. The molecule has 0 amide bonds. The Balaban J connectivity index is 1.89. The summed E-state index contributed by atoms with van der Waals surface area (Å²) in [5.74, 6) is 0.372. The monoisotopic (exact) mass is 326 g/mol. The lowest BCUT2D eigenvalue weighted by Gasteiger charge is -2.14. The molecule has 4 nitrogen and oxygen atoms in total. The minimum atomic E-state index is -0.0985. The van der Waals surface area contributed by atoms with Crippen LogP contribution in [0.4, 0.5) is 0 Å². The molecule has 23 heavy (non-hydrogen) atoms. The summed E-state index contributed by atoms with van der Waals surface area (Å²) in [7, 11) is 1.44. The Morgan fingerprint density at radius 2 is 1.65 bits per heavy atom. The van der Waals surface area contributed by atoms with Crippen LogP contribution in [0.2, 0.25) is 0 Å². The van der Waals surface area contributed by atoms with Crippen LogP contribution in [0, 0.1) is 5.92 Å². The van der Waals surface area contributed by atoms with Crippen molar-refractivity contribution in [2.24, 2.45) is 5.92 Å². The summed E-state index contributed by atoms with van der Waals surface area (Å²) in [5.41, 5.74) is 0. The second kappa shape index (κ2) is 12.4. The number of hydrogen-bond donors (Lipinski definition) is 0. The molecule has 0 aromatic carbocycles. The van der Waals surface area contributed by atoms with Crippen LogP contribution in [-0.2, 0) is 19.1 Å². The minimum absolute atomic E-state index is 0.00745. The molecule has 2 unspecified atom stereocenters. The largest absolute Gasteiger partial charge is 0.469 e. The predicted molar refractivity (Wildman–Crippen MR) is 91.1 cm³/mol. The Morgan fingerprint density at radius 1 is 1.04 bits per heavy atom. The van der Waals surface area contributed by atoms with Gasteiger partial charge in [0.1, 0.15) is 6.10 Å². The van der Waals surface area contributed by atoms with Crippen molar-refractivity contribution in [2.75, 3.05) is 7.11 Å². The van der Waals surface area contributed by atoms with Crippen molar-refractivity contribution >= 4 is 11.9 Å². The third kappa shape index (κ3) is 10.4. The summed E-state index contributed by atoms with van der Waals surface area (Å²) >= 11 is 0. The van der Waals surface area contributed by atoms with Gasteiger partial charge in [0.05, 0.1) is 7.11 Å². The van der Waals surface area contributed by atoms with Crippen molar-refractivity contribution in [1.29, 1.82) is 0 Å². The van der Waals surface area contributed by atoms with Gasteiger partial charge in [0.25, 0.3) is 0 Å². The quantitative estimate of drug-likeness (QED) is 0.404. The Labute approximate surface area is 141 Å². The summed E-state index contributed by atoms with van der Waals surface area (Å²) in [6, 6.07) is 0. The van der Waals surface area contributed by atoms with Gasteiger partial charge >= 0.3 is 11.9 Å². The van der Waals surface area contributed by atoms with E-state index in [2.05, 4.69) is 11.7 Å². The first-order chi connectivity index (χ1) is 11.1. The molecule has 4 heteroatoms. The Kier molecular flexibility index (Phi) is 10.8. The molecule has 2 atom stereocenters. The lowest BCUT2D eigenvalue weighted by atomic mass is 9.99. The van der Waals surface area contributed by atoms with Crippen molar-refractivity contribution in [1.82, 2.24) is 0 Å². The fourth-order valence-corrected chi connectivity index (χ4v) is 3.16. The van der Waals surface area contributed by atoms with Gasteiger partial charge in [0, 0.05) is 12.8 Å². The van der Waals surface area contributed by atoms with Gasteiger partial charge in [-0.2, -0.15) is 0 Å². The smallest absolute Gasteiger partial charge is 0.306 e. The van der Waals surface area contributed by atoms with E-state index in [9.17, 15) is 9.59 Å². The van der Waals surface area contributed by atoms with Crippen molar-refractivity contribution in [3.05, 3.63) is 0 Å². The first-order valence-electron chi connectivity index (χ1n) is 9.38. The molecule has 1 heterocycles. The van der Waals surface area contributed by atoms with E-state index in [1.165, 1.54) is 39.2 Å². The van der Waals surface area contributed by atoms with Crippen LogP contribution in [0.1, 0.15) is 90.4 Å². The van der Waals surface area contributed by atoms with E-state index < -0.39 is 0 Å². The van der Waals surface area contributed by atoms with Gasteiger partial charge in [-0.05, 0) is 38.0 Å². The summed E-state index contributed by atoms with van der Waals surface area (Å²) in [4.78, 5) is 22.5. The summed E-state index contributed by atoms with van der Waals surface area (Å²) in [5, 5.41) is 0. The predicted octanol–water partition coefficient (Wildman–Crippen LogP) is 4.79. The zero-order chi connectivity index (χ0) is 16.9. The van der Waals surface area contributed by atoms with E-state index in [0.717, 1.165) is 38.5 Å². The van der Waals surface area contributed by atoms with E-state index in [-0.39, 0.29) is 18.0 Å². The van der Waals surface area contributed by atoms with Gasteiger partial charge in [-0.3, -0.25) is 9.59 Å². The Morgan fingerprint density at radius 3 is 2.30 bits per heavy atom. The van der Waals surface area contributed by atoms with Gasteiger partial charge in [-0.15, -0.1) is 0 Å². The highest BCUT2D eigenvalue weighted by atomic mass is 16.5. The summed E-state index contributed by atoms with van der Waals surface area (Å²) in [6.07, 6.45) is 13.9. The number of rotatable bonds is 11. The molecule has 0 aromatic heterocycles. The fraction of sp³-hybridized carbons (Fsp3) is 0.895. The Bertz CT molecular complexity index is 340. The molecule has 1 saturated heterocycles. The fourth-order valence-electron chi connectivity index (χ4n) is 3.16. The van der Waals surface area contributed by atoms with Crippen LogP contribution in [-0.4, -0.2) is 25.2 Å². The zero-order valence-corrected chi connectivity index (χ0v) is 15.0. The number of carbonyl (C=O) groups is 2. The van der Waals surface area contributed by atoms with Crippen molar-refractivity contribution < 1.29 is 19.1 Å². The molecule has 1 rings (SSSR count). The van der Waals surface area contributed by atoms with E-state index in [1.807, 2.05) is 0 Å². The molecule has 0 spiro atoms. The molecule has 0 bridgehead atoms. The van der Waals surface area contributed by atoms with Gasteiger partial charge < -0.3 is 9.47 Å². The van der Waals surface area contributed by atoms with Gasteiger partial charge in [-0.1, -0.05) is 45.4 Å². The number of carbonyl (C=O) groups excluding carboxylic acids is 2. The van der Waals surface area contributed by atoms with E-state index >= 15 is 0 Å². The van der Waals surface area contributed by atoms with Gasteiger partial charge in [0.15, 0.2) is 0 Å². The SMILES string of the molecule is COC(=O)CCCCCCCCCCC1CCC(C)CC(=O)O1. The molecule has 1 aliphatic rings. The standard InChI is InChI=1S/C19H34O4/c1-16-13-14-17(23-19(21)15-16)11-9-7-5-3-4-6-8-10-12-18(20)22-2/h16-17H,3-15H2,1-2H3. The molecular formula is C19H34O4. The number of unbranched alkanes of at least 4 members (excludes halogenated alkanes) is 7. The lowest BCUT2D eigenvalue weighted by Crippen LogP contribution is -2.15. The second-order valence-corrected chi connectivity index (χ2v) is 6.94. The van der Waals surface area contributed by atoms with E-state index in [4.69, 9.17) is 4.74 Å². The van der Waals surface area contributed by atoms with Crippen LogP contribution in [0.5, 0.6) is 0 Å². The maximum absolute atomic E-state index is 11.6. The topological polar surface area (TPSA) is 52.6 Å². The second-order valence-electron chi connectivity index (χ2n) is 6.94. The molecule has 1 aliphatic heterocycles. The number of ether oxygens (including phenoxy) is 2. The normalized spacial score (nSPS) is 21.6. The Hall–Kier alpha value is -1.06. The number of esters is 2. The first-order valence-corrected chi connectivity index (χ1v) is 9.38. The minimum Gasteiger partial charge on any atom is -0.469 e. The zero-order valence-electron chi connectivity index (χ0n) is 15.0. The average molecular weight is 326 g/mol. The number of cyclic esters (lactones) is 1. The highest BCUT2D eigenvalue weighted by molar-refractivity contribution is 5.70. The van der Waals surface area contributed by atoms with E-state index in [0.29, 0.717) is 18.8 Å². The van der Waals surface area contributed by atoms with Crippen LogP contribution < -0.4 is 0 Å². The van der Waals surface area contributed by atoms with Crippen molar-refractivity contribution in [3.63, 3.8) is 0 Å². The summed E-state index contributed by atoms with van der Waals surface area (Å²) < 4.78 is 10.1. The van der Waals surface area contributed by atoms with Crippen LogP contribution >= 0.6 is 0 Å². The number of methoxy groups -OCH3 is 1. The molecular weight excluding hydrogens is 292 g/mol. The molecule has 0 aliphatic carbocycles.